The molecule has 0 aliphatic carbocycles. The molecule has 0 spiro atoms. The second-order valence-corrected chi connectivity index (χ2v) is 6.68. The lowest BCUT2D eigenvalue weighted by Gasteiger charge is -2.16. The van der Waals surface area contributed by atoms with Gasteiger partial charge in [0.05, 0.1) is 10.9 Å². The van der Waals surface area contributed by atoms with E-state index >= 15 is 0 Å². The van der Waals surface area contributed by atoms with Crippen LogP contribution >= 0.6 is 22.9 Å². The lowest BCUT2D eigenvalue weighted by molar-refractivity contribution is 0.245. The number of hydrogen-bond acceptors (Lipinski definition) is 5. The number of thiophene rings is 1. The third-order valence-electron chi connectivity index (χ3n) is 3.30. The molecule has 22 heavy (non-hydrogen) atoms. The number of rotatable bonds is 6. The van der Waals surface area contributed by atoms with E-state index in [-0.39, 0.29) is 0 Å². The zero-order valence-corrected chi connectivity index (χ0v) is 13.8. The lowest BCUT2D eigenvalue weighted by Crippen LogP contribution is -2.21. The van der Waals surface area contributed by atoms with Crippen LogP contribution in [-0.4, -0.2) is 21.6 Å². The van der Waals surface area contributed by atoms with Crippen molar-refractivity contribution in [3.8, 4) is 11.5 Å². The highest BCUT2D eigenvalue weighted by molar-refractivity contribution is 7.16. The molecule has 4 nitrogen and oxygen atoms in total. The van der Waals surface area contributed by atoms with E-state index in [4.69, 9.17) is 16.0 Å². The fourth-order valence-corrected chi connectivity index (χ4v) is 3.27. The first-order valence-corrected chi connectivity index (χ1v) is 8.28. The lowest BCUT2D eigenvalue weighted by atomic mass is 10.2. The van der Waals surface area contributed by atoms with Crippen molar-refractivity contribution in [1.82, 2.24) is 15.1 Å². The predicted octanol–water partition coefficient (Wildman–Crippen LogP) is 4.47. The van der Waals surface area contributed by atoms with Crippen LogP contribution in [0.3, 0.4) is 0 Å². The van der Waals surface area contributed by atoms with Crippen LogP contribution in [0.4, 0.5) is 0 Å². The summed E-state index contributed by atoms with van der Waals surface area (Å²) in [5, 5.41) is 8.27. The standard InChI is InChI=1S/C16H16ClN3OS/c1-2-20(10-13-8-9-14(17)22-13)11-15-18-19-16(21-15)12-6-4-3-5-7-12/h3-9H,2,10-11H2,1H3. The largest absolute Gasteiger partial charge is 0.419 e. The second kappa shape index (κ2) is 7.05. The summed E-state index contributed by atoms with van der Waals surface area (Å²) >= 11 is 7.58. The summed E-state index contributed by atoms with van der Waals surface area (Å²) in [5.74, 6) is 1.19. The van der Waals surface area contributed by atoms with Gasteiger partial charge in [0.2, 0.25) is 11.8 Å². The zero-order chi connectivity index (χ0) is 15.4. The van der Waals surface area contributed by atoms with Crippen LogP contribution in [-0.2, 0) is 13.1 Å². The van der Waals surface area contributed by atoms with Crippen molar-refractivity contribution >= 4 is 22.9 Å². The van der Waals surface area contributed by atoms with Crippen molar-refractivity contribution in [3.63, 3.8) is 0 Å². The Morgan fingerprint density at radius 2 is 1.91 bits per heavy atom. The van der Waals surface area contributed by atoms with Crippen LogP contribution in [0.15, 0.2) is 46.9 Å². The molecule has 0 saturated heterocycles. The highest BCUT2D eigenvalue weighted by Crippen LogP contribution is 2.23. The molecule has 0 fully saturated rings. The van der Waals surface area contributed by atoms with Gasteiger partial charge in [-0.1, -0.05) is 36.7 Å². The Morgan fingerprint density at radius 3 is 2.59 bits per heavy atom. The van der Waals surface area contributed by atoms with Gasteiger partial charge < -0.3 is 4.42 Å². The third kappa shape index (κ3) is 3.74. The first-order valence-electron chi connectivity index (χ1n) is 7.09. The molecule has 3 aromatic rings. The van der Waals surface area contributed by atoms with Crippen LogP contribution in [0.2, 0.25) is 4.34 Å². The number of benzene rings is 1. The molecule has 0 atom stereocenters. The molecule has 0 N–H and O–H groups in total. The SMILES string of the molecule is CCN(Cc1nnc(-c2ccccc2)o1)Cc1ccc(Cl)s1. The third-order valence-corrected chi connectivity index (χ3v) is 4.52. The average molecular weight is 334 g/mol. The van der Waals surface area contributed by atoms with Gasteiger partial charge in [-0.25, -0.2) is 0 Å². The minimum Gasteiger partial charge on any atom is -0.419 e. The molecule has 2 aromatic heterocycles. The molecule has 0 aliphatic rings. The van der Waals surface area contributed by atoms with E-state index in [1.165, 1.54) is 4.88 Å². The normalized spacial score (nSPS) is 11.2. The molecule has 3 rings (SSSR count). The van der Waals surface area contributed by atoms with Gasteiger partial charge in [0, 0.05) is 17.0 Å². The monoisotopic (exact) mass is 333 g/mol. The molecule has 0 saturated carbocycles. The van der Waals surface area contributed by atoms with Crippen molar-refractivity contribution in [2.45, 2.75) is 20.0 Å². The molecular weight excluding hydrogens is 318 g/mol. The minimum atomic E-state index is 0.561. The predicted molar refractivity (Wildman–Crippen MR) is 88.9 cm³/mol. The van der Waals surface area contributed by atoms with Crippen molar-refractivity contribution in [2.24, 2.45) is 0 Å². The number of halogens is 1. The summed E-state index contributed by atoms with van der Waals surface area (Å²) in [4.78, 5) is 3.47. The van der Waals surface area contributed by atoms with Crippen molar-refractivity contribution in [2.75, 3.05) is 6.54 Å². The number of aromatic nitrogens is 2. The van der Waals surface area contributed by atoms with E-state index in [1.807, 2.05) is 36.4 Å². The Morgan fingerprint density at radius 1 is 1.09 bits per heavy atom. The highest BCUT2D eigenvalue weighted by atomic mass is 35.5. The van der Waals surface area contributed by atoms with Crippen LogP contribution in [0.25, 0.3) is 11.5 Å². The molecule has 6 heteroatoms. The van der Waals surface area contributed by atoms with Gasteiger partial charge in [0.15, 0.2) is 0 Å². The van der Waals surface area contributed by atoms with Crippen molar-refractivity contribution in [3.05, 3.63) is 57.6 Å². The van der Waals surface area contributed by atoms with E-state index in [0.717, 1.165) is 23.0 Å². The summed E-state index contributed by atoms with van der Waals surface area (Å²) in [6, 6.07) is 13.8. The quantitative estimate of drug-likeness (QED) is 0.667. The molecular formula is C16H16ClN3OS. The van der Waals surface area contributed by atoms with Crippen LogP contribution in [0.5, 0.6) is 0 Å². The zero-order valence-electron chi connectivity index (χ0n) is 12.2. The van der Waals surface area contributed by atoms with Gasteiger partial charge in [-0.15, -0.1) is 21.5 Å². The molecule has 0 bridgehead atoms. The van der Waals surface area contributed by atoms with E-state index in [0.29, 0.717) is 18.3 Å². The maximum atomic E-state index is 5.98. The molecule has 0 radical (unpaired) electrons. The molecule has 2 heterocycles. The minimum absolute atomic E-state index is 0.561. The Bertz CT molecular complexity index is 726. The maximum absolute atomic E-state index is 5.98. The first-order chi connectivity index (χ1) is 10.7. The van der Waals surface area contributed by atoms with E-state index in [1.54, 1.807) is 11.3 Å². The smallest absolute Gasteiger partial charge is 0.247 e. The molecule has 114 valence electrons. The molecule has 0 aliphatic heterocycles. The van der Waals surface area contributed by atoms with Gasteiger partial charge in [0.25, 0.3) is 0 Å². The topological polar surface area (TPSA) is 42.2 Å². The molecule has 0 unspecified atom stereocenters. The summed E-state index contributed by atoms with van der Waals surface area (Å²) in [5.41, 5.74) is 0.939. The number of nitrogens with zero attached hydrogens (tertiary/aromatic N) is 3. The van der Waals surface area contributed by atoms with Gasteiger partial charge >= 0.3 is 0 Å². The fraction of sp³-hybridized carbons (Fsp3) is 0.250. The fourth-order valence-electron chi connectivity index (χ4n) is 2.14. The highest BCUT2D eigenvalue weighted by Gasteiger charge is 2.13. The first kappa shape index (κ1) is 15.2. The van der Waals surface area contributed by atoms with E-state index in [2.05, 4.69) is 28.1 Å². The van der Waals surface area contributed by atoms with Crippen LogP contribution < -0.4 is 0 Å². The van der Waals surface area contributed by atoms with Gasteiger partial charge in [0.1, 0.15) is 0 Å². The van der Waals surface area contributed by atoms with Gasteiger partial charge in [-0.3, -0.25) is 4.90 Å². The molecule has 1 aromatic carbocycles. The van der Waals surface area contributed by atoms with Crippen molar-refractivity contribution in [1.29, 1.82) is 0 Å². The summed E-state index contributed by atoms with van der Waals surface area (Å²) < 4.78 is 6.57. The number of hydrogen-bond donors (Lipinski definition) is 0. The summed E-state index contributed by atoms with van der Waals surface area (Å²) in [7, 11) is 0. The Hall–Kier alpha value is -1.69. The second-order valence-electron chi connectivity index (χ2n) is 4.88. The Balaban J connectivity index is 1.68. The summed E-state index contributed by atoms with van der Waals surface area (Å²) in [6.07, 6.45) is 0. The maximum Gasteiger partial charge on any atom is 0.247 e. The van der Waals surface area contributed by atoms with Crippen LogP contribution in [0.1, 0.15) is 17.7 Å². The van der Waals surface area contributed by atoms with Gasteiger partial charge in [-0.2, -0.15) is 0 Å². The molecule has 0 amide bonds. The average Bonchev–Trinajstić information content (AvgIpc) is 3.17. The van der Waals surface area contributed by atoms with Crippen molar-refractivity contribution < 1.29 is 4.42 Å². The van der Waals surface area contributed by atoms with Gasteiger partial charge in [-0.05, 0) is 30.8 Å². The summed E-state index contributed by atoms with van der Waals surface area (Å²) in [6.45, 7) is 4.48. The van der Waals surface area contributed by atoms with E-state index in [9.17, 15) is 0 Å². The Kier molecular flexibility index (Phi) is 4.87. The van der Waals surface area contributed by atoms with E-state index < -0.39 is 0 Å². The Labute approximate surface area is 138 Å². The van der Waals surface area contributed by atoms with Crippen LogP contribution in [0, 0.1) is 0 Å².